The molecule has 1 aromatic heterocycles. The van der Waals surface area contributed by atoms with E-state index in [1.54, 1.807) is 12.1 Å². The number of nitrogens with one attached hydrogen (secondary N) is 1. The largest absolute Gasteiger partial charge is 0.465 e. The maximum absolute atomic E-state index is 11.3. The lowest BCUT2D eigenvalue weighted by atomic mass is 10.2. The number of rotatable bonds is 5. The molecule has 5 nitrogen and oxygen atoms in total. The van der Waals surface area contributed by atoms with Crippen molar-refractivity contribution in [3.05, 3.63) is 29.6 Å². The normalized spacial score (nSPS) is 9.76. The van der Waals surface area contributed by atoms with Crippen molar-refractivity contribution in [3.63, 3.8) is 0 Å². The van der Waals surface area contributed by atoms with Crippen molar-refractivity contribution >= 4 is 23.5 Å². The quantitative estimate of drug-likeness (QED) is 0.633. The van der Waals surface area contributed by atoms with Gasteiger partial charge in [-0.15, -0.1) is 11.6 Å². The van der Waals surface area contributed by atoms with Crippen molar-refractivity contribution in [2.45, 2.75) is 13.0 Å². The minimum absolute atomic E-state index is 0.148. The molecule has 0 aromatic carbocycles. The van der Waals surface area contributed by atoms with Gasteiger partial charge in [-0.05, 0) is 12.1 Å². The number of ether oxygens (including phenoxy) is 1. The first-order valence-corrected chi connectivity index (χ1v) is 5.56. The van der Waals surface area contributed by atoms with E-state index >= 15 is 0 Å². The molecule has 0 fully saturated rings. The summed E-state index contributed by atoms with van der Waals surface area (Å²) in [6, 6.07) is 3.13. The van der Waals surface area contributed by atoms with Gasteiger partial charge in [-0.2, -0.15) is 0 Å². The standard InChI is InChI=1S/C11H13ClN2O3/c1-17-11(16)8-3-5-13-9(6-8)7-14-10(15)2-4-12/h3,5-6H,2,4,7H2,1H3,(H,14,15). The second-order valence-corrected chi connectivity index (χ2v) is 3.62. The summed E-state index contributed by atoms with van der Waals surface area (Å²) < 4.78 is 4.58. The number of methoxy groups -OCH3 is 1. The summed E-state index contributed by atoms with van der Waals surface area (Å²) in [6.07, 6.45) is 1.76. The maximum atomic E-state index is 11.3. The van der Waals surface area contributed by atoms with Crippen LogP contribution in [-0.4, -0.2) is 29.9 Å². The van der Waals surface area contributed by atoms with Crippen LogP contribution in [-0.2, 0) is 16.1 Å². The van der Waals surface area contributed by atoms with Crippen LogP contribution in [0.25, 0.3) is 0 Å². The molecule has 0 atom stereocenters. The molecule has 0 saturated carbocycles. The highest BCUT2D eigenvalue weighted by Gasteiger charge is 2.07. The molecule has 1 heterocycles. The summed E-state index contributed by atoms with van der Waals surface area (Å²) in [5.41, 5.74) is 1.000. The molecule has 0 spiro atoms. The van der Waals surface area contributed by atoms with Crippen LogP contribution in [0.15, 0.2) is 18.3 Å². The second kappa shape index (κ2) is 6.85. The third kappa shape index (κ3) is 4.40. The lowest BCUT2D eigenvalue weighted by molar-refractivity contribution is -0.120. The molecule has 1 N–H and O–H groups in total. The summed E-state index contributed by atoms with van der Waals surface area (Å²) >= 11 is 5.43. The summed E-state index contributed by atoms with van der Waals surface area (Å²) in [6.45, 7) is 0.264. The zero-order chi connectivity index (χ0) is 12.7. The average Bonchev–Trinajstić information content (AvgIpc) is 2.36. The maximum Gasteiger partial charge on any atom is 0.337 e. The number of alkyl halides is 1. The Labute approximate surface area is 104 Å². The fourth-order valence-electron chi connectivity index (χ4n) is 1.18. The zero-order valence-corrected chi connectivity index (χ0v) is 10.2. The third-order valence-electron chi connectivity index (χ3n) is 2.03. The summed E-state index contributed by atoms with van der Waals surface area (Å²) in [5.74, 6) is -0.299. The van der Waals surface area contributed by atoms with Crippen molar-refractivity contribution in [2.24, 2.45) is 0 Å². The molecule has 0 aliphatic heterocycles. The van der Waals surface area contributed by atoms with Crippen LogP contribution in [0, 0.1) is 0 Å². The van der Waals surface area contributed by atoms with Gasteiger partial charge < -0.3 is 10.1 Å². The number of hydrogen-bond acceptors (Lipinski definition) is 4. The number of aromatic nitrogens is 1. The zero-order valence-electron chi connectivity index (χ0n) is 9.40. The Morgan fingerprint density at radius 3 is 2.94 bits per heavy atom. The number of hydrogen-bond donors (Lipinski definition) is 1. The van der Waals surface area contributed by atoms with Crippen LogP contribution >= 0.6 is 11.6 Å². The van der Waals surface area contributed by atoms with Gasteiger partial charge in [0, 0.05) is 18.5 Å². The molecular weight excluding hydrogens is 244 g/mol. The Bertz CT molecular complexity index is 409. The van der Waals surface area contributed by atoms with E-state index < -0.39 is 5.97 Å². The molecule has 0 unspecified atom stereocenters. The minimum atomic E-state index is -0.430. The van der Waals surface area contributed by atoms with Crippen LogP contribution in [0.1, 0.15) is 22.5 Å². The van der Waals surface area contributed by atoms with Crippen molar-refractivity contribution < 1.29 is 14.3 Å². The van der Waals surface area contributed by atoms with Crippen molar-refractivity contribution in [3.8, 4) is 0 Å². The van der Waals surface area contributed by atoms with Gasteiger partial charge in [-0.3, -0.25) is 9.78 Å². The van der Waals surface area contributed by atoms with Gasteiger partial charge in [0.1, 0.15) is 0 Å². The SMILES string of the molecule is COC(=O)c1ccnc(CNC(=O)CCCl)c1. The van der Waals surface area contributed by atoms with Crippen LogP contribution in [0.5, 0.6) is 0 Å². The molecule has 1 amide bonds. The first-order valence-electron chi connectivity index (χ1n) is 5.03. The van der Waals surface area contributed by atoms with Gasteiger partial charge in [0.25, 0.3) is 0 Å². The number of carbonyl (C=O) groups excluding carboxylic acids is 2. The highest BCUT2D eigenvalue weighted by Crippen LogP contribution is 2.03. The molecule has 0 aliphatic rings. The average molecular weight is 257 g/mol. The highest BCUT2D eigenvalue weighted by atomic mass is 35.5. The van der Waals surface area contributed by atoms with Crippen molar-refractivity contribution in [1.82, 2.24) is 10.3 Å². The lowest BCUT2D eigenvalue weighted by Crippen LogP contribution is -2.23. The van der Waals surface area contributed by atoms with Gasteiger partial charge in [0.05, 0.1) is 24.9 Å². The fourth-order valence-corrected chi connectivity index (χ4v) is 1.35. The first-order chi connectivity index (χ1) is 8.17. The molecule has 0 bridgehead atoms. The number of carbonyl (C=O) groups is 2. The van der Waals surface area contributed by atoms with Gasteiger partial charge in [0.15, 0.2) is 0 Å². The van der Waals surface area contributed by atoms with Crippen molar-refractivity contribution in [1.29, 1.82) is 0 Å². The van der Waals surface area contributed by atoms with Crippen LogP contribution < -0.4 is 5.32 Å². The Morgan fingerprint density at radius 2 is 2.29 bits per heavy atom. The van der Waals surface area contributed by atoms with Crippen LogP contribution in [0.2, 0.25) is 0 Å². The third-order valence-corrected chi connectivity index (χ3v) is 2.21. The highest BCUT2D eigenvalue weighted by molar-refractivity contribution is 6.18. The first kappa shape index (κ1) is 13.4. The van der Waals surface area contributed by atoms with E-state index in [1.807, 2.05) is 0 Å². The molecule has 0 saturated heterocycles. The number of nitrogens with zero attached hydrogens (tertiary/aromatic N) is 1. The smallest absolute Gasteiger partial charge is 0.337 e. The molecule has 0 aliphatic carbocycles. The predicted octanol–water partition coefficient (Wildman–Crippen LogP) is 1.11. The summed E-state index contributed by atoms with van der Waals surface area (Å²) in [5, 5.41) is 2.65. The Balaban J connectivity index is 2.60. The second-order valence-electron chi connectivity index (χ2n) is 3.24. The van der Waals surface area contributed by atoms with Crippen molar-refractivity contribution in [2.75, 3.05) is 13.0 Å². The van der Waals surface area contributed by atoms with Gasteiger partial charge in [0.2, 0.25) is 5.91 Å². The van der Waals surface area contributed by atoms with E-state index in [1.165, 1.54) is 13.3 Å². The van der Waals surface area contributed by atoms with E-state index in [0.29, 0.717) is 11.3 Å². The van der Waals surface area contributed by atoms with E-state index in [9.17, 15) is 9.59 Å². The van der Waals surface area contributed by atoms with E-state index in [4.69, 9.17) is 11.6 Å². The number of amides is 1. The van der Waals surface area contributed by atoms with Crippen LogP contribution in [0.3, 0.4) is 0 Å². The summed E-state index contributed by atoms with van der Waals surface area (Å²) in [7, 11) is 1.31. The predicted molar refractivity (Wildman–Crippen MR) is 62.8 cm³/mol. The van der Waals surface area contributed by atoms with E-state index in [0.717, 1.165) is 0 Å². The Hall–Kier alpha value is -1.62. The molecule has 92 valence electrons. The number of halogens is 1. The molecule has 6 heteroatoms. The van der Waals surface area contributed by atoms with Gasteiger partial charge in [-0.1, -0.05) is 0 Å². The molecule has 0 radical (unpaired) electrons. The minimum Gasteiger partial charge on any atom is -0.465 e. The monoisotopic (exact) mass is 256 g/mol. The van der Waals surface area contributed by atoms with E-state index in [2.05, 4.69) is 15.0 Å². The number of esters is 1. The molecule has 1 rings (SSSR count). The number of pyridine rings is 1. The molecule has 17 heavy (non-hydrogen) atoms. The van der Waals surface area contributed by atoms with Gasteiger partial charge >= 0.3 is 5.97 Å². The lowest BCUT2D eigenvalue weighted by Gasteiger charge is -2.05. The molecule has 1 aromatic rings. The van der Waals surface area contributed by atoms with E-state index in [-0.39, 0.29) is 24.8 Å². The molecular formula is C11H13ClN2O3. The Kier molecular flexibility index (Phi) is 5.42. The summed E-state index contributed by atoms with van der Waals surface area (Å²) in [4.78, 5) is 26.5. The fraction of sp³-hybridized carbons (Fsp3) is 0.364. The topological polar surface area (TPSA) is 68.3 Å². The van der Waals surface area contributed by atoms with Crippen LogP contribution in [0.4, 0.5) is 0 Å². The van der Waals surface area contributed by atoms with Gasteiger partial charge in [-0.25, -0.2) is 4.79 Å². The Morgan fingerprint density at radius 1 is 1.53 bits per heavy atom.